The Morgan fingerprint density at radius 3 is 2.72 bits per heavy atom. The molecular weight excluding hydrogens is 332 g/mol. The first-order valence-electron chi connectivity index (χ1n) is 8.20. The molecule has 1 fully saturated rings. The molecule has 0 saturated heterocycles. The van der Waals surface area contributed by atoms with Gasteiger partial charge in [0.25, 0.3) is 0 Å². The Morgan fingerprint density at radius 1 is 1.16 bits per heavy atom. The SMILES string of the molecule is COc1ccccc1[C@@H]1C[C@H]1C(=O)Nc1scnc1-c1ccccc1. The molecule has 0 spiro atoms. The fraction of sp³-hybridized carbons (Fsp3) is 0.200. The third kappa shape index (κ3) is 3.15. The van der Waals surface area contributed by atoms with Gasteiger partial charge in [0.1, 0.15) is 16.4 Å². The number of carbonyl (C=O) groups is 1. The zero-order chi connectivity index (χ0) is 17.2. The number of methoxy groups -OCH3 is 1. The lowest BCUT2D eigenvalue weighted by atomic mass is 10.1. The lowest BCUT2D eigenvalue weighted by molar-refractivity contribution is -0.117. The van der Waals surface area contributed by atoms with E-state index in [9.17, 15) is 4.79 Å². The molecule has 1 saturated carbocycles. The normalized spacial score (nSPS) is 18.6. The molecule has 4 rings (SSSR count). The van der Waals surface area contributed by atoms with Gasteiger partial charge in [0.15, 0.2) is 0 Å². The Kier molecular flexibility index (Phi) is 4.24. The van der Waals surface area contributed by atoms with Gasteiger partial charge in [-0.1, -0.05) is 48.5 Å². The molecule has 25 heavy (non-hydrogen) atoms. The molecule has 1 N–H and O–H groups in total. The van der Waals surface area contributed by atoms with Crippen molar-refractivity contribution in [2.24, 2.45) is 5.92 Å². The molecule has 3 aromatic rings. The van der Waals surface area contributed by atoms with Crippen LogP contribution < -0.4 is 10.1 Å². The van der Waals surface area contributed by atoms with E-state index >= 15 is 0 Å². The molecule has 126 valence electrons. The maximum atomic E-state index is 12.7. The van der Waals surface area contributed by atoms with Crippen molar-refractivity contribution in [3.8, 4) is 17.0 Å². The van der Waals surface area contributed by atoms with E-state index in [4.69, 9.17) is 4.74 Å². The first kappa shape index (κ1) is 15.8. The Balaban J connectivity index is 1.49. The van der Waals surface area contributed by atoms with E-state index in [1.165, 1.54) is 11.3 Å². The first-order chi connectivity index (χ1) is 12.3. The van der Waals surface area contributed by atoms with Crippen molar-refractivity contribution in [1.29, 1.82) is 0 Å². The van der Waals surface area contributed by atoms with Gasteiger partial charge in [-0.15, -0.1) is 11.3 Å². The number of aromatic nitrogens is 1. The van der Waals surface area contributed by atoms with Crippen molar-refractivity contribution in [3.63, 3.8) is 0 Å². The highest BCUT2D eigenvalue weighted by atomic mass is 32.1. The molecule has 0 radical (unpaired) electrons. The summed E-state index contributed by atoms with van der Waals surface area (Å²) >= 11 is 1.45. The van der Waals surface area contributed by atoms with E-state index in [0.29, 0.717) is 0 Å². The summed E-state index contributed by atoms with van der Waals surface area (Å²) in [5.41, 5.74) is 4.71. The summed E-state index contributed by atoms with van der Waals surface area (Å²) in [4.78, 5) is 17.1. The van der Waals surface area contributed by atoms with Gasteiger partial charge in [0.2, 0.25) is 5.91 Å². The summed E-state index contributed by atoms with van der Waals surface area (Å²) in [5, 5.41) is 3.87. The van der Waals surface area contributed by atoms with Gasteiger partial charge >= 0.3 is 0 Å². The quantitative estimate of drug-likeness (QED) is 0.734. The highest BCUT2D eigenvalue weighted by molar-refractivity contribution is 7.14. The third-order valence-corrected chi connectivity index (χ3v) is 5.26. The largest absolute Gasteiger partial charge is 0.496 e. The van der Waals surface area contributed by atoms with Crippen molar-refractivity contribution in [2.75, 3.05) is 12.4 Å². The molecule has 2 atom stereocenters. The lowest BCUT2D eigenvalue weighted by Gasteiger charge is -2.08. The fourth-order valence-corrected chi connectivity index (χ4v) is 3.85. The van der Waals surface area contributed by atoms with Crippen LogP contribution in [0.5, 0.6) is 5.75 Å². The Labute approximate surface area is 150 Å². The molecular formula is C20H18N2O2S. The van der Waals surface area contributed by atoms with Crippen LogP contribution in [0, 0.1) is 5.92 Å². The predicted molar refractivity (Wildman–Crippen MR) is 100 cm³/mol. The van der Waals surface area contributed by atoms with Crippen molar-refractivity contribution in [2.45, 2.75) is 12.3 Å². The number of ether oxygens (including phenoxy) is 1. The van der Waals surface area contributed by atoms with E-state index in [1.807, 2.05) is 54.6 Å². The van der Waals surface area contributed by atoms with Crippen LogP contribution in [0.1, 0.15) is 17.9 Å². The van der Waals surface area contributed by atoms with Crippen LogP contribution in [0.25, 0.3) is 11.3 Å². The van der Waals surface area contributed by atoms with Gasteiger partial charge in [0, 0.05) is 11.5 Å². The second-order valence-corrected chi connectivity index (χ2v) is 6.93. The summed E-state index contributed by atoms with van der Waals surface area (Å²) in [7, 11) is 1.67. The molecule has 0 unspecified atom stereocenters. The molecule has 2 aromatic carbocycles. The Morgan fingerprint density at radius 2 is 1.92 bits per heavy atom. The number of benzene rings is 2. The Bertz CT molecular complexity index is 891. The minimum atomic E-state index is -0.0120. The molecule has 1 heterocycles. The van der Waals surface area contributed by atoms with E-state index in [2.05, 4.69) is 10.3 Å². The number of rotatable bonds is 5. The summed E-state index contributed by atoms with van der Waals surface area (Å²) in [6.45, 7) is 0. The van der Waals surface area contributed by atoms with Crippen LogP contribution in [0.4, 0.5) is 5.00 Å². The van der Waals surface area contributed by atoms with Crippen LogP contribution in [0.3, 0.4) is 0 Å². The number of anilines is 1. The van der Waals surface area contributed by atoms with E-state index < -0.39 is 0 Å². The second kappa shape index (κ2) is 6.69. The van der Waals surface area contributed by atoms with Crippen molar-refractivity contribution < 1.29 is 9.53 Å². The number of nitrogens with zero attached hydrogens (tertiary/aromatic N) is 1. The van der Waals surface area contributed by atoms with E-state index in [0.717, 1.165) is 34.0 Å². The van der Waals surface area contributed by atoms with Crippen LogP contribution >= 0.6 is 11.3 Å². The van der Waals surface area contributed by atoms with Gasteiger partial charge in [-0.25, -0.2) is 4.98 Å². The average molecular weight is 350 g/mol. The minimum Gasteiger partial charge on any atom is -0.496 e. The molecule has 4 nitrogen and oxygen atoms in total. The number of hydrogen-bond donors (Lipinski definition) is 1. The summed E-state index contributed by atoms with van der Waals surface area (Å²) in [6.07, 6.45) is 0.853. The summed E-state index contributed by atoms with van der Waals surface area (Å²) in [6, 6.07) is 17.8. The monoisotopic (exact) mass is 350 g/mol. The van der Waals surface area contributed by atoms with Crippen LogP contribution in [0.2, 0.25) is 0 Å². The number of carbonyl (C=O) groups excluding carboxylic acids is 1. The fourth-order valence-electron chi connectivity index (χ4n) is 3.14. The predicted octanol–water partition coefficient (Wildman–Crippen LogP) is 4.56. The molecule has 1 aromatic heterocycles. The molecule has 5 heteroatoms. The van der Waals surface area contributed by atoms with Gasteiger partial charge < -0.3 is 10.1 Å². The van der Waals surface area contributed by atoms with Gasteiger partial charge in [-0.2, -0.15) is 0 Å². The summed E-state index contributed by atoms with van der Waals surface area (Å²) in [5.74, 6) is 1.12. The van der Waals surface area contributed by atoms with Gasteiger partial charge in [-0.05, 0) is 24.0 Å². The highest BCUT2D eigenvalue weighted by Crippen LogP contribution is 2.51. The topological polar surface area (TPSA) is 51.2 Å². The zero-order valence-electron chi connectivity index (χ0n) is 13.8. The van der Waals surface area contributed by atoms with Gasteiger partial charge in [-0.3, -0.25) is 4.79 Å². The maximum absolute atomic E-state index is 12.7. The third-order valence-electron chi connectivity index (χ3n) is 4.52. The smallest absolute Gasteiger partial charge is 0.228 e. The average Bonchev–Trinajstić information content (AvgIpc) is 3.34. The van der Waals surface area contributed by atoms with E-state index in [-0.39, 0.29) is 17.7 Å². The molecule has 1 amide bonds. The number of para-hydroxylation sites is 1. The zero-order valence-corrected chi connectivity index (χ0v) is 14.6. The number of amides is 1. The Hall–Kier alpha value is -2.66. The molecule has 1 aliphatic carbocycles. The number of nitrogens with one attached hydrogen (secondary N) is 1. The standard InChI is InChI=1S/C20H18N2O2S/c1-24-17-10-6-5-9-14(17)15-11-16(15)19(23)22-20-18(21-12-25-20)13-7-3-2-4-8-13/h2-10,12,15-16H,11H2,1H3,(H,22,23)/t15-,16+/m0/s1. The number of thiazole rings is 1. The van der Waals surface area contributed by atoms with Crippen molar-refractivity contribution in [1.82, 2.24) is 4.98 Å². The molecule has 0 aliphatic heterocycles. The van der Waals surface area contributed by atoms with E-state index in [1.54, 1.807) is 12.6 Å². The molecule has 0 bridgehead atoms. The lowest BCUT2D eigenvalue weighted by Crippen LogP contribution is -2.14. The van der Waals surface area contributed by atoms with Crippen molar-refractivity contribution >= 4 is 22.2 Å². The summed E-state index contributed by atoms with van der Waals surface area (Å²) < 4.78 is 5.42. The highest BCUT2D eigenvalue weighted by Gasteiger charge is 2.45. The van der Waals surface area contributed by atoms with Crippen molar-refractivity contribution in [3.05, 3.63) is 65.7 Å². The maximum Gasteiger partial charge on any atom is 0.228 e. The number of hydrogen-bond acceptors (Lipinski definition) is 4. The van der Waals surface area contributed by atoms with Crippen LogP contribution in [-0.4, -0.2) is 18.0 Å². The second-order valence-electron chi connectivity index (χ2n) is 6.08. The first-order valence-corrected chi connectivity index (χ1v) is 9.08. The minimum absolute atomic E-state index is 0.0120. The van der Waals surface area contributed by atoms with Gasteiger partial charge in [0.05, 0.1) is 12.6 Å². The van der Waals surface area contributed by atoms with Crippen LogP contribution in [-0.2, 0) is 4.79 Å². The van der Waals surface area contributed by atoms with Crippen LogP contribution in [0.15, 0.2) is 60.1 Å². The molecule has 1 aliphatic rings.